The molecule has 186 valence electrons. The molecule has 0 radical (unpaired) electrons. The third-order valence-electron chi connectivity index (χ3n) is 8.36. The van der Waals surface area contributed by atoms with E-state index in [1.54, 1.807) is 0 Å². The molecule has 3 rings (SSSR count). The maximum atomic E-state index is 12.4. The monoisotopic (exact) mass is 462 g/mol. The summed E-state index contributed by atoms with van der Waals surface area (Å²) in [5, 5.41) is 40.1. The number of rotatable bonds is 6. The number of aliphatic hydroxyl groups is 4. The average Bonchev–Trinajstić information content (AvgIpc) is 3.06. The Kier molecular flexibility index (Phi) is 7.94. The Morgan fingerprint density at radius 2 is 2.00 bits per heavy atom. The van der Waals surface area contributed by atoms with Crippen LogP contribution in [0.15, 0.2) is 35.5 Å². The Morgan fingerprint density at radius 3 is 2.67 bits per heavy atom. The fourth-order valence-corrected chi connectivity index (χ4v) is 6.26. The molecular weight excluding hydrogens is 420 g/mol. The summed E-state index contributed by atoms with van der Waals surface area (Å²) in [7, 11) is 0. The molecule has 0 aromatic carbocycles. The molecule has 0 amide bonds. The number of hydrogen-bond donors (Lipinski definition) is 4. The standard InChI is InChI=1S/C27H42O6/c1-16-19(13-20(28)14-23(16)29)9-8-18-7-6-12-27(5)21(10-11-22(18)27)17(2)33-25(31)15-24(30)26(3,4)32/h8-9,17,20-24,28-30,32H,1,6-7,10-15H2,2-5H3/b18-8+,19-9-/t17-,20+,21+,22-,23-,24-,27+/m0/s1. The van der Waals surface area contributed by atoms with Crippen molar-refractivity contribution in [2.75, 3.05) is 0 Å². The summed E-state index contributed by atoms with van der Waals surface area (Å²) in [6, 6.07) is 0. The molecule has 3 fully saturated rings. The highest BCUT2D eigenvalue weighted by Gasteiger charge is 2.51. The average molecular weight is 463 g/mol. The second-order valence-electron chi connectivity index (χ2n) is 11.2. The van der Waals surface area contributed by atoms with Gasteiger partial charge >= 0.3 is 5.97 Å². The Bertz CT molecular complexity index is 806. The zero-order valence-corrected chi connectivity index (χ0v) is 20.6. The van der Waals surface area contributed by atoms with Crippen molar-refractivity contribution in [1.29, 1.82) is 0 Å². The number of aliphatic hydroxyl groups excluding tert-OH is 3. The molecule has 3 aliphatic rings. The minimum Gasteiger partial charge on any atom is -0.462 e. The lowest BCUT2D eigenvalue weighted by molar-refractivity contribution is -0.159. The summed E-state index contributed by atoms with van der Waals surface area (Å²) in [6.45, 7) is 11.2. The number of ether oxygens (including phenoxy) is 1. The number of hydrogen-bond acceptors (Lipinski definition) is 6. The topological polar surface area (TPSA) is 107 Å². The van der Waals surface area contributed by atoms with E-state index in [4.69, 9.17) is 4.74 Å². The molecule has 0 unspecified atom stereocenters. The quantitative estimate of drug-likeness (QED) is 0.450. The molecule has 0 heterocycles. The zero-order valence-electron chi connectivity index (χ0n) is 20.6. The van der Waals surface area contributed by atoms with Crippen LogP contribution in [0.2, 0.25) is 0 Å². The summed E-state index contributed by atoms with van der Waals surface area (Å²) in [5.41, 5.74) is 1.69. The van der Waals surface area contributed by atoms with E-state index in [0.29, 0.717) is 24.3 Å². The Labute approximate surface area is 198 Å². The molecule has 3 saturated carbocycles. The Hall–Kier alpha value is -1.47. The van der Waals surface area contributed by atoms with Crippen molar-refractivity contribution in [2.45, 2.75) is 109 Å². The second-order valence-corrected chi connectivity index (χ2v) is 11.2. The van der Waals surface area contributed by atoms with Gasteiger partial charge in [0.05, 0.1) is 30.3 Å². The van der Waals surface area contributed by atoms with E-state index in [2.05, 4.69) is 19.6 Å². The third kappa shape index (κ3) is 5.79. The minimum atomic E-state index is -1.35. The largest absolute Gasteiger partial charge is 0.462 e. The first-order valence-electron chi connectivity index (χ1n) is 12.4. The van der Waals surface area contributed by atoms with Gasteiger partial charge in [0.25, 0.3) is 0 Å². The maximum absolute atomic E-state index is 12.4. The molecule has 0 saturated heterocycles. The van der Waals surface area contributed by atoms with Crippen molar-refractivity contribution < 1.29 is 30.0 Å². The zero-order chi connectivity index (χ0) is 24.6. The van der Waals surface area contributed by atoms with Crippen molar-refractivity contribution in [1.82, 2.24) is 0 Å². The van der Waals surface area contributed by atoms with Gasteiger partial charge in [-0.25, -0.2) is 0 Å². The summed E-state index contributed by atoms with van der Waals surface area (Å²) in [4.78, 5) is 12.4. The summed E-state index contributed by atoms with van der Waals surface area (Å²) in [5.74, 6) is 0.159. The van der Waals surface area contributed by atoms with Crippen LogP contribution in [0.25, 0.3) is 0 Å². The number of carbonyl (C=O) groups is 1. The van der Waals surface area contributed by atoms with Gasteiger partial charge in [-0.1, -0.05) is 31.2 Å². The van der Waals surface area contributed by atoms with Crippen LogP contribution >= 0.6 is 0 Å². The molecule has 4 N–H and O–H groups in total. The number of allylic oxidation sites excluding steroid dienone is 3. The maximum Gasteiger partial charge on any atom is 0.308 e. The van der Waals surface area contributed by atoms with Crippen molar-refractivity contribution in [3.63, 3.8) is 0 Å². The molecule has 0 aromatic heterocycles. The van der Waals surface area contributed by atoms with E-state index in [9.17, 15) is 25.2 Å². The summed E-state index contributed by atoms with van der Waals surface area (Å²) < 4.78 is 5.73. The van der Waals surface area contributed by atoms with E-state index in [0.717, 1.165) is 37.7 Å². The second kappa shape index (κ2) is 10.0. The van der Waals surface area contributed by atoms with Gasteiger partial charge in [0, 0.05) is 12.3 Å². The van der Waals surface area contributed by atoms with Gasteiger partial charge < -0.3 is 25.2 Å². The molecule has 7 atom stereocenters. The lowest BCUT2D eigenvalue weighted by Crippen LogP contribution is -2.41. The van der Waals surface area contributed by atoms with Crippen molar-refractivity contribution in [2.24, 2.45) is 17.3 Å². The Balaban J connectivity index is 1.70. The SMILES string of the molecule is C=C1/C(=C\C=C2/CCC[C@]3(C)[C@@H]([C@H](C)OC(=O)C[C@H](O)C(C)(C)O)CC[C@@H]23)C[C@@H](O)C[C@@H]1O. The van der Waals surface area contributed by atoms with Gasteiger partial charge in [-0.15, -0.1) is 0 Å². The van der Waals surface area contributed by atoms with Gasteiger partial charge in [0.1, 0.15) is 6.10 Å². The molecule has 0 aliphatic heterocycles. The van der Waals surface area contributed by atoms with E-state index in [-0.39, 0.29) is 23.9 Å². The predicted molar refractivity (Wildman–Crippen MR) is 127 cm³/mol. The Morgan fingerprint density at radius 1 is 1.30 bits per heavy atom. The molecule has 6 heteroatoms. The third-order valence-corrected chi connectivity index (χ3v) is 8.36. The van der Waals surface area contributed by atoms with Crippen LogP contribution < -0.4 is 0 Å². The fourth-order valence-electron chi connectivity index (χ4n) is 6.26. The van der Waals surface area contributed by atoms with Crippen LogP contribution in [0, 0.1) is 17.3 Å². The van der Waals surface area contributed by atoms with Crippen LogP contribution in [-0.2, 0) is 9.53 Å². The van der Waals surface area contributed by atoms with Gasteiger partial charge in [0.15, 0.2) is 0 Å². The first-order valence-corrected chi connectivity index (χ1v) is 12.4. The smallest absolute Gasteiger partial charge is 0.308 e. The molecule has 33 heavy (non-hydrogen) atoms. The molecule has 0 bridgehead atoms. The molecule has 6 nitrogen and oxygen atoms in total. The minimum absolute atomic E-state index is 0.0275. The van der Waals surface area contributed by atoms with Crippen molar-refractivity contribution in [3.05, 3.63) is 35.5 Å². The van der Waals surface area contributed by atoms with E-state index >= 15 is 0 Å². The van der Waals surface area contributed by atoms with Crippen LogP contribution in [0.3, 0.4) is 0 Å². The lowest BCUT2D eigenvalue weighted by Gasteiger charge is -2.44. The summed E-state index contributed by atoms with van der Waals surface area (Å²) >= 11 is 0. The lowest BCUT2D eigenvalue weighted by atomic mass is 9.62. The molecule has 3 aliphatic carbocycles. The van der Waals surface area contributed by atoms with Crippen molar-refractivity contribution in [3.8, 4) is 0 Å². The molecule has 0 aromatic rings. The molecular formula is C27H42O6. The highest BCUT2D eigenvalue weighted by atomic mass is 16.5. The normalized spacial score (nSPS) is 37.2. The fraction of sp³-hybridized carbons (Fsp3) is 0.741. The van der Waals surface area contributed by atoms with Gasteiger partial charge in [-0.3, -0.25) is 4.79 Å². The van der Waals surface area contributed by atoms with Gasteiger partial charge in [-0.2, -0.15) is 0 Å². The predicted octanol–water partition coefficient (Wildman–Crippen LogP) is 3.58. The highest BCUT2D eigenvalue weighted by molar-refractivity contribution is 5.70. The summed E-state index contributed by atoms with van der Waals surface area (Å²) in [6.07, 6.45) is 7.40. The first-order chi connectivity index (χ1) is 15.3. The van der Waals surface area contributed by atoms with E-state index < -0.39 is 29.9 Å². The number of esters is 1. The van der Waals surface area contributed by atoms with Gasteiger partial charge in [0.2, 0.25) is 0 Å². The first kappa shape index (κ1) is 26.1. The number of fused-ring (bicyclic) bond motifs is 1. The number of carbonyl (C=O) groups excluding carboxylic acids is 1. The van der Waals surface area contributed by atoms with E-state index in [1.165, 1.54) is 19.4 Å². The highest BCUT2D eigenvalue weighted by Crippen LogP contribution is 2.58. The molecule has 0 spiro atoms. The van der Waals surface area contributed by atoms with Crippen molar-refractivity contribution >= 4 is 5.97 Å². The van der Waals surface area contributed by atoms with E-state index in [1.807, 2.05) is 13.0 Å². The van der Waals surface area contributed by atoms with Crippen LogP contribution in [0.5, 0.6) is 0 Å². The van der Waals surface area contributed by atoms with Crippen LogP contribution in [0.1, 0.15) is 79.1 Å². The van der Waals surface area contributed by atoms with Crippen LogP contribution in [-0.4, -0.2) is 56.4 Å². The van der Waals surface area contributed by atoms with Gasteiger partial charge in [-0.05, 0) is 81.8 Å². The van der Waals surface area contributed by atoms with Crippen LogP contribution in [0.4, 0.5) is 0 Å².